The van der Waals surface area contributed by atoms with Crippen LogP contribution in [0.1, 0.15) is 40.7 Å². The molecule has 6 heteroatoms. The van der Waals surface area contributed by atoms with E-state index in [1.807, 2.05) is 68.2 Å². The van der Waals surface area contributed by atoms with Crippen molar-refractivity contribution in [3.8, 4) is 0 Å². The standard InChI is InChI=1S/C23H28NO4P/c1-18-9-11-20(12-10-18)21(25)23(14-15-24(22(23)26)28-29-2)13-6-16-27-17-19-7-4-3-5-8-19/h3-5,7-12,29H,6,13-17H2,1-2H3/t23-/m0/s1. The van der Waals surface area contributed by atoms with Crippen molar-refractivity contribution in [2.24, 2.45) is 5.41 Å². The molecule has 0 aromatic heterocycles. The number of rotatable bonds is 10. The van der Waals surface area contributed by atoms with E-state index < -0.39 is 5.41 Å². The molecule has 1 fully saturated rings. The molecule has 0 aliphatic carbocycles. The van der Waals surface area contributed by atoms with Crippen LogP contribution < -0.4 is 0 Å². The van der Waals surface area contributed by atoms with E-state index in [-0.39, 0.29) is 20.5 Å². The smallest absolute Gasteiger partial charge is 0.260 e. The molecule has 154 valence electrons. The summed E-state index contributed by atoms with van der Waals surface area (Å²) in [6, 6.07) is 17.4. The molecule has 2 atom stereocenters. The lowest BCUT2D eigenvalue weighted by Gasteiger charge is -2.26. The minimum absolute atomic E-state index is 0.115. The molecule has 0 saturated carbocycles. The summed E-state index contributed by atoms with van der Waals surface area (Å²) >= 11 is 0. The molecule has 29 heavy (non-hydrogen) atoms. The number of carbonyl (C=O) groups is 2. The molecule has 1 saturated heterocycles. The van der Waals surface area contributed by atoms with E-state index >= 15 is 0 Å². The van der Waals surface area contributed by atoms with Gasteiger partial charge in [0.2, 0.25) is 0 Å². The van der Waals surface area contributed by atoms with E-state index in [1.165, 1.54) is 5.06 Å². The molecular formula is C23H28NO4P. The molecule has 1 aliphatic heterocycles. The van der Waals surface area contributed by atoms with E-state index in [0.29, 0.717) is 44.6 Å². The Bertz CT molecular complexity index is 825. The van der Waals surface area contributed by atoms with Crippen molar-refractivity contribution in [2.45, 2.75) is 32.8 Å². The lowest BCUT2D eigenvalue weighted by atomic mass is 9.75. The van der Waals surface area contributed by atoms with Crippen LogP contribution in [0.5, 0.6) is 0 Å². The van der Waals surface area contributed by atoms with Crippen LogP contribution in [0.2, 0.25) is 0 Å². The van der Waals surface area contributed by atoms with Crippen LogP contribution in [0.4, 0.5) is 0 Å². The first-order valence-corrected chi connectivity index (χ1v) is 11.4. The van der Waals surface area contributed by atoms with Gasteiger partial charge in [0.1, 0.15) is 5.41 Å². The van der Waals surface area contributed by atoms with E-state index in [9.17, 15) is 9.59 Å². The van der Waals surface area contributed by atoms with Crippen LogP contribution in [0.25, 0.3) is 0 Å². The predicted molar refractivity (Wildman–Crippen MR) is 115 cm³/mol. The zero-order chi connectivity index (χ0) is 20.7. The quantitative estimate of drug-likeness (QED) is 0.248. The molecule has 0 spiro atoms. The molecular weight excluding hydrogens is 385 g/mol. The van der Waals surface area contributed by atoms with Crippen LogP contribution in [-0.2, 0) is 20.8 Å². The summed E-state index contributed by atoms with van der Waals surface area (Å²) in [7, 11) is 0.167. The van der Waals surface area contributed by atoms with Gasteiger partial charge in [-0.15, -0.1) is 0 Å². The number of nitrogens with zero attached hydrogens (tertiary/aromatic N) is 1. The van der Waals surface area contributed by atoms with E-state index in [1.54, 1.807) is 0 Å². The van der Waals surface area contributed by atoms with Gasteiger partial charge in [0.05, 0.1) is 13.2 Å². The Hall–Kier alpha value is -2.07. The van der Waals surface area contributed by atoms with Crippen LogP contribution in [0, 0.1) is 12.3 Å². The minimum Gasteiger partial charge on any atom is -0.377 e. The van der Waals surface area contributed by atoms with Gasteiger partial charge in [-0.2, -0.15) is 0 Å². The number of carbonyl (C=O) groups excluding carboxylic acids is 2. The van der Waals surface area contributed by atoms with Crippen LogP contribution in [0.3, 0.4) is 0 Å². The van der Waals surface area contributed by atoms with Crippen molar-refractivity contribution in [2.75, 3.05) is 19.8 Å². The molecule has 1 aliphatic rings. The summed E-state index contributed by atoms with van der Waals surface area (Å²) in [6.07, 6.45) is 1.57. The Balaban J connectivity index is 1.67. The third kappa shape index (κ3) is 5.11. The van der Waals surface area contributed by atoms with Gasteiger partial charge in [-0.05, 0) is 38.4 Å². The number of benzene rings is 2. The fraction of sp³-hybridized carbons (Fsp3) is 0.391. The topological polar surface area (TPSA) is 55.8 Å². The van der Waals surface area contributed by atoms with Gasteiger partial charge >= 0.3 is 0 Å². The normalized spacial score (nSPS) is 19.4. The molecule has 1 amide bonds. The zero-order valence-electron chi connectivity index (χ0n) is 17.0. The highest BCUT2D eigenvalue weighted by molar-refractivity contribution is 7.31. The highest BCUT2D eigenvalue weighted by Gasteiger charge is 2.52. The number of hydroxylamine groups is 2. The largest absolute Gasteiger partial charge is 0.377 e. The maximum Gasteiger partial charge on any atom is 0.260 e. The number of hydrogen-bond acceptors (Lipinski definition) is 4. The summed E-state index contributed by atoms with van der Waals surface area (Å²) in [5, 5.41) is 1.37. The highest BCUT2D eigenvalue weighted by atomic mass is 31.1. The van der Waals surface area contributed by atoms with Gasteiger partial charge < -0.3 is 4.74 Å². The van der Waals surface area contributed by atoms with Crippen molar-refractivity contribution < 1.29 is 19.0 Å². The average molecular weight is 413 g/mol. The fourth-order valence-corrected chi connectivity index (χ4v) is 4.11. The maximum atomic E-state index is 13.4. The van der Waals surface area contributed by atoms with Gasteiger partial charge in [0.15, 0.2) is 5.78 Å². The van der Waals surface area contributed by atoms with Gasteiger partial charge in [-0.1, -0.05) is 60.2 Å². The lowest BCUT2D eigenvalue weighted by molar-refractivity contribution is -0.154. The first kappa shape index (κ1) is 21.6. The van der Waals surface area contributed by atoms with Crippen LogP contribution >= 0.6 is 8.81 Å². The van der Waals surface area contributed by atoms with Crippen molar-refractivity contribution in [3.63, 3.8) is 0 Å². The summed E-state index contributed by atoms with van der Waals surface area (Å²) < 4.78 is 11.3. The molecule has 2 aromatic carbocycles. The van der Waals surface area contributed by atoms with Crippen molar-refractivity contribution in [3.05, 3.63) is 71.3 Å². The third-order valence-electron chi connectivity index (χ3n) is 5.33. The second-order valence-corrected chi connectivity index (χ2v) is 7.96. The monoisotopic (exact) mass is 413 g/mol. The summed E-state index contributed by atoms with van der Waals surface area (Å²) in [4.78, 5) is 26.5. The number of ether oxygens (including phenoxy) is 1. The first-order valence-electron chi connectivity index (χ1n) is 9.95. The lowest BCUT2D eigenvalue weighted by Crippen LogP contribution is -2.40. The van der Waals surface area contributed by atoms with Gasteiger partial charge in [0, 0.05) is 21.0 Å². The SMILES string of the molecule is CPON1CC[C@@](CCCOCc2ccccc2)(C(=O)c2ccc(C)cc2)C1=O. The molecule has 0 N–H and O–H groups in total. The highest BCUT2D eigenvalue weighted by Crippen LogP contribution is 2.41. The second kappa shape index (κ2) is 10.1. The third-order valence-corrected chi connectivity index (χ3v) is 5.73. The minimum atomic E-state index is -1.06. The number of aryl methyl sites for hydroxylation is 1. The van der Waals surface area contributed by atoms with Crippen LogP contribution in [0.15, 0.2) is 54.6 Å². The summed E-state index contributed by atoms with van der Waals surface area (Å²) in [5.74, 6) is -0.336. The maximum absolute atomic E-state index is 13.4. The summed E-state index contributed by atoms with van der Waals surface area (Å²) in [5.41, 5.74) is 1.71. The fourth-order valence-electron chi connectivity index (χ4n) is 3.71. The van der Waals surface area contributed by atoms with Crippen molar-refractivity contribution in [1.29, 1.82) is 0 Å². The van der Waals surface area contributed by atoms with Gasteiger partial charge in [-0.25, -0.2) is 5.06 Å². The molecule has 1 heterocycles. The molecule has 1 unspecified atom stereocenters. The predicted octanol–water partition coefficient (Wildman–Crippen LogP) is 4.55. The Morgan fingerprint density at radius 3 is 2.55 bits per heavy atom. The van der Waals surface area contributed by atoms with E-state index in [2.05, 4.69) is 0 Å². The van der Waals surface area contributed by atoms with E-state index in [4.69, 9.17) is 9.36 Å². The first-order chi connectivity index (χ1) is 14.1. The average Bonchev–Trinajstić information content (AvgIpc) is 3.05. The Morgan fingerprint density at radius 2 is 1.86 bits per heavy atom. The number of hydrogen-bond donors (Lipinski definition) is 0. The molecule has 0 bridgehead atoms. The summed E-state index contributed by atoms with van der Waals surface area (Å²) in [6.45, 7) is 5.32. The molecule has 3 rings (SSSR count). The number of amides is 1. The Morgan fingerprint density at radius 1 is 1.14 bits per heavy atom. The Labute approximate surface area is 174 Å². The van der Waals surface area contributed by atoms with Gasteiger partial charge in [-0.3, -0.25) is 14.2 Å². The second-order valence-electron chi connectivity index (χ2n) is 7.37. The molecule has 5 nitrogen and oxygen atoms in total. The van der Waals surface area contributed by atoms with Crippen molar-refractivity contribution >= 4 is 20.5 Å². The van der Waals surface area contributed by atoms with Gasteiger partial charge in [0.25, 0.3) is 5.91 Å². The van der Waals surface area contributed by atoms with E-state index in [0.717, 1.165) is 11.1 Å². The van der Waals surface area contributed by atoms with Crippen molar-refractivity contribution in [1.82, 2.24) is 5.06 Å². The number of ketones is 1. The Kier molecular flexibility index (Phi) is 7.54. The van der Waals surface area contributed by atoms with Crippen LogP contribution in [-0.4, -0.2) is 36.6 Å². The zero-order valence-corrected chi connectivity index (χ0v) is 18.0. The molecule has 2 aromatic rings. The molecule has 0 radical (unpaired) electrons. The number of Topliss-reactive ketones (excluding diaryl/α,β-unsaturated/α-hetero) is 1.